The number of nitrogens with zero attached hydrogens (tertiary/aromatic N) is 2. The minimum Gasteiger partial charge on any atom is -0.497 e. The zero-order chi connectivity index (χ0) is 11.7. The molecule has 0 spiro atoms. The Kier molecular flexibility index (Phi) is 2.33. The van der Waals surface area contributed by atoms with Crippen LogP contribution in [0.3, 0.4) is 0 Å². The van der Waals surface area contributed by atoms with Crippen LogP contribution in [0.2, 0.25) is 0 Å². The maximum absolute atomic E-state index is 5.15. The van der Waals surface area contributed by atoms with Crippen LogP contribution in [0.25, 0.3) is 5.69 Å². The second-order valence-electron chi connectivity index (χ2n) is 3.87. The maximum Gasteiger partial charge on any atom is 0.120 e. The first-order chi connectivity index (χ1) is 8.38. The van der Waals surface area contributed by atoms with Crippen LogP contribution >= 0.6 is 0 Å². The molecule has 0 saturated heterocycles. The lowest BCUT2D eigenvalue weighted by atomic mass is 10.3. The lowest BCUT2D eigenvalue weighted by Crippen LogP contribution is -2.08. The Bertz CT molecular complexity index is 555. The van der Waals surface area contributed by atoms with Crippen molar-refractivity contribution in [1.29, 1.82) is 0 Å². The summed E-state index contributed by atoms with van der Waals surface area (Å²) in [4.78, 5) is 4.18. The highest BCUT2D eigenvalue weighted by atomic mass is 16.5. The molecule has 86 valence electrons. The number of anilines is 1. The normalized spacial score (nSPS) is 13.0. The average Bonchev–Trinajstić information content (AvgIpc) is 2.83. The Morgan fingerprint density at radius 3 is 2.82 bits per heavy atom. The number of aliphatic imine (C=N–C) groups is 1. The van der Waals surface area contributed by atoms with Gasteiger partial charge in [-0.1, -0.05) is 0 Å². The highest BCUT2D eigenvalue weighted by Crippen LogP contribution is 2.25. The van der Waals surface area contributed by atoms with Gasteiger partial charge in [0.05, 0.1) is 20.0 Å². The van der Waals surface area contributed by atoms with E-state index in [1.807, 2.05) is 30.5 Å². The zero-order valence-corrected chi connectivity index (χ0v) is 9.55. The quantitative estimate of drug-likeness (QED) is 0.855. The summed E-state index contributed by atoms with van der Waals surface area (Å²) in [7, 11) is 1.67. The van der Waals surface area contributed by atoms with Crippen LogP contribution in [0.1, 0.15) is 5.56 Å². The summed E-state index contributed by atoms with van der Waals surface area (Å²) >= 11 is 0. The van der Waals surface area contributed by atoms with Crippen molar-refractivity contribution in [2.45, 2.75) is 6.54 Å². The Balaban J connectivity index is 2.01. The molecule has 0 unspecified atom stereocenters. The molecule has 1 N–H and O–H groups in total. The van der Waals surface area contributed by atoms with Crippen molar-refractivity contribution in [3.63, 3.8) is 0 Å². The van der Waals surface area contributed by atoms with E-state index in [1.165, 1.54) is 5.56 Å². The van der Waals surface area contributed by atoms with E-state index < -0.39 is 0 Å². The van der Waals surface area contributed by atoms with Crippen molar-refractivity contribution in [1.82, 2.24) is 4.57 Å². The predicted molar refractivity (Wildman–Crippen MR) is 68.1 cm³/mol. The molecule has 1 aromatic heterocycles. The molecule has 4 heteroatoms. The van der Waals surface area contributed by atoms with Gasteiger partial charge in [-0.15, -0.1) is 0 Å². The Morgan fingerprint density at radius 2 is 2.06 bits per heavy atom. The first-order valence-corrected chi connectivity index (χ1v) is 5.48. The van der Waals surface area contributed by atoms with Gasteiger partial charge >= 0.3 is 0 Å². The fourth-order valence-electron chi connectivity index (χ4n) is 1.97. The Hall–Kier alpha value is -2.23. The average molecular weight is 227 g/mol. The van der Waals surface area contributed by atoms with E-state index in [-0.39, 0.29) is 0 Å². The molecule has 0 amide bonds. The van der Waals surface area contributed by atoms with Gasteiger partial charge in [-0.3, -0.25) is 4.99 Å². The van der Waals surface area contributed by atoms with Crippen LogP contribution in [-0.4, -0.2) is 18.0 Å². The smallest absolute Gasteiger partial charge is 0.120 e. The molecule has 0 saturated carbocycles. The summed E-state index contributed by atoms with van der Waals surface area (Å²) in [5.41, 5.74) is 2.32. The molecule has 2 heterocycles. The minimum atomic E-state index is 0.742. The Labute approximate surface area is 99.6 Å². The molecule has 1 aliphatic rings. The summed E-state index contributed by atoms with van der Waals surface area (Å²) in [6, 6.07) is 10.1. The third-order valence-electron chi connectivity index (χ3n) is 2.87. The predicted octanol–water partition coefficient (Wildman–Crippen LogP) is 2.44. The molecular formula is C13H13N3O. The van der Waals surface area contributed by atoms with Gasteiger partial charge in [0.15, 0.2) is 0 Å². The van der Waals surface area contributed by atoms with Crippen LogP contribution in [0.5, 0.6) is 5.75 Å². The number of nitrogens with one attached hydrogen (secondary N) is 1. The summed E-state index contributed by atoms with van der Waals surface area (Å²) in [6.45, 7) is 0.742. The van der Waals surface area contributed by atoms with E-state index in [0.717, 1.165) is 23.8 Å². The highest BCUT2D eigenvalue weighted by Gasteiger charge is 2.11. The molecular weight excluding hydrogens is 214 g/mol. The monoisotopic (exact) mass is 227 g/mol. The molecule has 0 radical (unpaired) electrons. The summed E-state index contributed by atoms with van der Waals surface area (Å²) < 4.78 is 7.26. The van der Waals surface area contributed by atoms with Crippen molar-refractivity contribution in [2.24, 2.45) is 4.99 Å². The molecule has 3 rings (SSSR count). The van der Waals surface area contributed by atoms with Gasteiger partial charge < -0.3 is 14.6 Å². The standard InChI is InChI=1S/C13H13N3O/c1-17-12-4-2-11(3-5-12)16-7-6-10-8-14-9-15-13(10)16/h2-7,9H,8H2,1H3,(H,14,15). The number of benzene rings is 1. The van der Waals surface area contributed by atoms with Gasteiger partial charge in [-0.2, -0.15) is 0 Å². The maximum atomic E-state index is 5.15. The van der Waals surface area contributed by atoms with Crippen LogP contribution in [0.15, 0.2) is 41.5 Å². The van der Waals surface area contributed by atoms with Crippen LogP contribution < -0.4 is 10.1 Å². The SMILES string of the molecule is COc1ccc(-n2ccc3c2NC=NC3)cc1. The summed E-state index contributed by atoms with van der Waals surface area (Å²) in [6.07, 6.45) is 3.79. The van der Waals surface area contributed by atoms with E-state index in [4.69, 9.17) is 4.74 Å². The molecule has 0 fully saturated rings. The van der Waals surface area contributed by atoms with Gasteiger partial charge in [0, 0.05) is 17.4 Å². The molecule has 4 nitrogen and oxygen atoms in total. The van der Waals surface area contributed by atoms with E-state index in [2.05, 4.69) is 20.9 Å². The lowest BCUT2D eigenvalue weighted by Gasteiger charge is -2.13. The largest absolute Gasteiger partial charge is 0.497 e. The van der Waals surface area contributed by atoms with Crippen LogP contribution in [0, 0.1) is 0 Å². The number of methoxy groups -OCH3 is 1. The van der Waals surface area contributed by atoms with Crippen LogP contribution in [-0.2, 0) is 6.54 Å². The lowest BCUT2D eigenvalue weighted by molar-refractivity contribution is 0.415. The number of aromatic nitrogens is 1. The number of ether oxygens (including phenoxy) is 1. The second kappa shape index (κ2) is 3.97. The molecule has 0 atom stereocenters. The summed E-state index contributed by atoms with van der Waals surface area (Å²) in [5.74, 6) is 1.95. The first kappa shape index (κ1) is 9.96. The fourth-order valence-corrected chi connectivity index (χ4v) is 1.97. The third kappa shape index (κ3) is 1.67. The second-order valence-corrected chi connectivity index (χ2v) is 3.87. The van der Waals surface area contributed by atoms with Gasteiger partial charge in [0.25, 0.3) is 0 Å². The molecule has 1 aromatic carbocycles. The van der Waals surface area contributed by atoms with Gasteiger partial charge in [0.2, 0.25) is 0 Å². The van der Waals surface area contributed by atoms with Gasteiger partial charge in [-0.25, -0.2) is 0 Å². The number of hydrogen-bond donors (Lipinski definition) is 1. The third-order valence-corrected chi connectivity index (χ3v) is 2.87. The van der Waals surface area contributed by atoms with Crippen molar-refractivity contribution in [3.05, 3.63) is 42.1 Å². The number of fused-ring (bicyclic) bond motifs is 1. The molecule has 0 bridgehead atoms. The first-order valence-electron chi connectivity index (χ1n) is 5.48. The van der Waals surface area contributed by atoms with Gasteiger partial charge in [0.1, 0.15) is 11.6 Å². The van der Waals surface area contributed by atoms with E-state index in [1.54, 1.807) is 13.4 Å². The topological polar surface area (TPSA) is 38.5 Å². The fraction of sp³-hybridized carbons (Fsp3) is 0.154. The highest BCUT2D eigenvalue weighted by molar-refractivity contribution is 5.79. The number of rotatable bonds is 2. The molecule has 0 aliphatic carbocycles. The minimum absolute atomic E-state index is 0.742. The molecule has 17 heavy (non-hydrogen) atoms. The van der Waals surface area contributed by atoms with Crippen molar-refractivity contribution >= 4 is 12.2 Å². The van der Waals surface area contributed by atoms with E-state index in [9.17, 15) is 0 Å². The zero-order valence-electron chi connectivity index (χ0n) is 9.55. The Morgan fingerprint density at radius 1 is 1.24 bits per heavy atom. The summed E-state index contributed by atoms with van der Waals surface area (Å²) in [5, 5.41) is 3.18. The number of hydrogen-bond acceptors (Lipinski definition) is 3. The van der Waals surface area contributed by atoms with E-state index >= 15 is 0 Å². The molecule has 2 aromatic rings. The van der Waals surface area contributed by atoms with Crippen LogP contribution in [0.4, 0.5) is 5.82 Å². The molecule has 1 aliphatic heterocycles. The van der Waals surface area contributed by atoms with Crippen molar-refractivity contribution in [3.8, 4) is 11.4 Å². The van der Waals surface area contributed by atoms with E-state index in [0.29, 0.717) is 0 Å². The van der Waals surface area contributed by atoms with Crippen molar-refractivity contribution in [2.75, 3.05) is 12.4 Å². The van der Waals surface area contributed by atoms with Crippen molar-refractivity contribution < 1.29 is 4.74 Å². The van der Waals surface area contributed by atoms with Gasteiger partial charge in [-0.05, 0) is 30.3 Å².